The third-order valence-electron chi connectivity index (χ3n) is 2.33. The van der Waals surface area contributed by atoms with Crippen LogP contribution >= 0.6 is 11.6 Å². The van der Waals surface area contributed by atoms with Gasteiger partial charge in [-0.25, -0.2) is 9.50 Å². The number of halogens is 1. The fraction of sp³-hybridized carbons (Fsp3) is 0.300. The van der Waals surface area contributed by atoms with Crippen molar-refractivity contribution in [2.24, 2.45) is 0 Å². The summed E-state index contributed by atoms with van der Waals surface area (Å²) in [7, 11) is 0. The molecule has 0 aliphatic heterocycles. The molecule has 0 aliphatic rings. The first kappa shape index (κ1) is 10.9. The van der Waals surface area contributed by atoms with Crippen LogP contribution in [0.1, 0.15) is 25.1 Å². The van der Waals surface area contributed by atoms with E-state index in [0.29, 0.717) is 22.9 Å². The van der Waals surface area contributed by atoms with E-state index in [2.05, 4.69) is 10.1 Å². The number of hydrogen-bond donors (Lipinski definition) is 1. The summed E-state index contributed by atoms with van der Waals surface area (Å²) in [5.74, 6) is -1.26. The quantitative estimate of drug-likeness (QED) is 0.889. The molecule has 0 saturated carbocycles. The number of nitrogens with zero attached hydrogens (tertiary/aromatic N) is 3. The molecule has 0 aromatic carbocycles. The predicted molar refractivity (Wildman–Crippen MR) is 58.7 cm³/mol. The lowest BCUT2D eigenvalue weighted by molar-refractivity contribution is -0.139. The Morgan fingerprint density at radius 2 is 2.44 bits per heavy atom. The van der Waals surface area contributed by atoms with E-state index in [-0.39, 0.29) is 0 Å². The normalized spacial score (nSPS) is 12.9. The Balaban J connectivity index is 2.49. The summed E-state index contributed by atoms with van der Waals surface area (Å²) in [5.41, 5.74) is 0.558. The van der Waals surface area contributed by atoms with E-state index < -0.39 is 11.9 Å². The van der Waals surface area contributed by atoms with Gasteiger partial charge in [-0.2, -0.15) is 5.10 Å². The second kappa shape index (κ2) is 4.09. The van der Waals surface area contributed by atoms with E-state index in [0.717, 1.165) is 0 Å². The van der Waals surface area contributed by atoms with E-state index >= 15 is 0 Å². The molecule has 2 aromatic rings. The van der Waals surface area contributed by atoms with Crippen LogP contribution in [0.3, 0.4) is 0 Å². The van der Waals surface area contributed by atoms with Gasteiger partial charge in [0.15, 0.2) is 11.5 Å². The van der Waals surface area contributed by atoms with Crippen molar-refractivity contribution in [1.29, 1.82) is 0 Å². The van der Waals surface area contributed by atoms with Crippen molar-refractivity contribution < 1.29 is 9.90 Å². The summed E-state index contributed by atoms with van der Waals surface area (Å²) in [4.78, 5) is 15.1. The zero-order chi connectivity index (χ0) is 11.7. The van der Waals surface area contributed by atoms with Crippen LogP contribution < -0.4 is 0 Å². The maximum atomic E-state index is 11.0. The zero-order valence-electron chi connectivity index (χ0n) is 8.59. The van der Waals surface area contributed by atoms with Crippen LogP contribution in [0.2, 0.25) is 5.02 Å². The van der Waals surface area contributed by atoms with Crippen LogP contribution in [-0.4, -0.2) is 25.7 Å². The van der Waals surface area contributed by atoms with Crippen molar-refractivity contribution in [2.75, 3.05) is 0 Å². The summed E-state index contributed by atoms with van der Waals surface area (Å²) in [6, 6.07) is 3.32. The predicted octanol–water partition coefficient (Wildman–Crippen LogP) is 1.96. The SMILES string of the molecule is CCC(C(=O)O)c1nc2cc(Cl)ccn2n1. The molecule has 84 valence electrons. The van der Waals surface area contributed by atoms with Crippen molar-refractivity contribution in [3.8, 4) is 0 Å². The van der Waals surface area contributed by atoms with Gasteiger partial charge < -0.3 is 5.11 Å². The molecule has 2 heterocycles. The third-order valence-corrected chi connectivity index (χ3v) is 2.57. The van der Waals surface area contributed by atoms with Gasteiger partial charge in [0.1, 0.15) is 5.92 Å². The number of aromatic nitrogens is 3. The summed E-state index contributed by atoms with van der Waals surface area (Å²) in [5, 5.41) is 13.7. The van der Waals surface area contributed by atoms with Gasteiger partial charge in [0.25, 0.3) is 0 Å². The van der Waals surface area contributed by atoms with Crippen LogP contribution in [0.4, 0.5) is 0 Å². The lowest BCUT2D eigenvalue weighted by Crippen LogP contribution is -2.12. The maximum Gasteiger partial charge on any atom is 0.314 e. The molecule has 0 bridgehead atoms. The lowest BCUT2D eigenvalue weighted by atomic mass is 10.1. The molecule has 1 atom stereocenters. The van der Waals surface area contributed by atoms with Gasteiger partial charge >= 0.3 is 5.97 Å². The number of carbonyl (C=O) groups is 1. The fourth-order valence-electron chi connectivity index (χ4n) is 1.49. The first-order chi connectivity index (χ1) is 7.61. The van der Waals surface area contributed by atoms with Gasteiger partial charge in [-0.05, 0) is 12.5 Å². The van der Waals surface area contributed by atoms with Crippen LogP contribution in [0.5, 0.6) is 0 Å². The Hall–Kier alpha value is -1.62. The summed E-state index contributed by atoms with van der Waals surface area (Å²) in [6.07, 6.45) is 2.11. The fourth-order valence-corrected chi connectivity index (χ4v) is 1.64. The second-order valence-corrected chi connectivity index (χ2v) is 3.85. The Morgan fingerprint density at radius 1 is 1.69 bits per heavy atom. The topological polar surface area (TPSA) is 67.5 Å². The van der Waals surface area contributed by atoms with Crippen LogP contribution in [0, 0.1) is 0 Å². The molecule has 2 rings (SSSR count). The van der Waals surface area contributed by atoms with Crippen molar-refractivity contribution in [1.82, 2.24) is 14.6 Å². The average molecular weight is 240 g/mol. The number of aliphatic carboxylic acids is 1. The van der Waals surface area contributed by atoms with Gasteiger partial charge in [0, 0.05) is 17.3 Å². The monoisotopic (exact) mass is 239 g/mol. The first-order valence-corrected chi connectivity index (χ1v) is 5.24. The standard InChI is InChI=1S/C10H10ClN3O2/c1-2-7(10(15)16)9-12-8-5-6(11)3-4-14(8)13-9/h3-5,7H,2H2,1H3,(H,15,16). The molecule has 0 spiro atoms. The van der Waals surface area contributed by atoms with E-state index in [1.165, 1.54) is 4.52 Å². The highest BCUT2D eigenvalue weighted by Gasteiger charge is 2.22. The Labute approximate surface area is 96.7 Å². The van der Waals surface area contributed by atoms with Crippen molar-refractivity contribution in [3.63, 3.8) is 0 Å². The van der Waals surface area contributed by atoms with Gasteiger partial charge in [-0.1, -0.05) is 18.5 Å². The Bertz CT molecular complexity index is 538. The number of carboxylic acid groups (broad SMARTS) is 1. The van der Waals surface area contributed by atoms with E-state index in [1.807, 2.05) is 0 Å². The minimum absolute atomic E-state index is 0.317. The summed E-state index contributed by atoms with van der Waals surface area (Å²) >= 11 is 5.81. The molecule has 2 aromatic heterocycles. The minimum atomic E-state index is -0.912. The molecule has 6 heteroatoms. The third kappa shape index (κ3) is 1.86. The largest absolute Gasteiger partial charge is 0.481 e. The molecule has 0 fully saturated rings. The van der Waals surface area contributed by atoms with Gasteiger partial charge in [0.05, 0.1) is 0 Å². The molecule has 5 nitrogen and oxygen atoms in total. The highest BCUT2D eigenvalue weighted by molar-refractivity contribution is 6.30. The first-order valence-electron chi connectivity index (χ1n) is 4.86. The Morgan fingerprint density at radius 3 is 3.06 bits per heavy atom. The van der Waals surface area contributed by atoms with Crippen molar-refractivity contribution in [2.45, 2.75) is 19.3 Å². The van der Waals surface area contributed by atoms with Gasteiger partial charge in [0.2, 0.25) is 0 Å². The molecule has 0 radical (unpaired) electrons. The van der Waals surface area contributed by atoms with E-state index in [4.69, 9.17) is 16.7 Å². The smallest absolute Gasteiger partial charge is 0.314 e. The van der Waals surface area contributed by atoms with Crippen molar-refractivity contribution >= 4 is 23.2 Å². The molecule has 0 saturated heterocycles. The summed E-state index contributed by atoms with van der Waals surface area (Å²) < 4.78 is 1.52. The number of pyridine rings is 1. The van der Waals surface area contributed by atoms with E-state index in [9.17, 15) is 4.79 Å². The van der Waals surface area contributed by atoms with Crippen LogP contribution in [0.15, 0.2) is 18.3 Å². The Kier molecular flexibility index (Phi) is 2.78. The molecular weight excluding hydrogens is 230 g/mol. The zero-order valence-corrected chi connectivity index (χ0v) is 9.35. The molecular formula is C10H10ClN3O2. The summed E-state index contributed by atoms with van der Waals surface area (Å²) in [6.45, 7) is 1.79. The lowest BCUT2D eigenvalue weighted by Gasteiger charge is -2.02. The highest BCUT2D eigenvalue weighted by atomic mass is 35.5. The maximum absolute atomic E-state index is 11.0. The highest BCUT2D eigenvalue weighted by Crippen LogP contribution is 2.18. The molecule has 0 amide bonds. The minimum Gasteiger partial charge on any atom is -0.481 e. The molecule has 16 heavy (non-hydrogen) atoms. The molecule has 1 N–H and O–H groups in total. The number of fused-ring (bicyclic) bond motifs is 1. The number of carboxylic acids is 1. The van der Waals surface area contributed by atoms with E-state index in [1.54, 1.807) is 25.3 Å². The molecule has 1 unspecified atom stereocenters. The van der Waals surface area contributed by atoms with Gasteiger partial charge in [-0.15, -0.1) is 0 Å². The number of rotatable bonds is 3. The second-order valence-electron chi connectivity index (χ2n) is 3.42. The molecule has 0 aliphatic carbocycles. The van der Waals surface area contributed by atoms with Gasteiger partial charge in [-0.3, -0.25) is 4.79 Å². The van der Waals surface area contributed by atoms with Crippen LogP contribution in [-0.2, 0) is 4.79 Å². The average Bonchev–Trinajstić information content (AvgIpc) is 2.60. The van der Waals surface area contributed by atoms with Crippen LogP contribution in [0.25, 0.3) is 5.65 Å². The van der Waals surface area contributed by atoms with Crippen molar-refractivity contribution in [3.05, 3.63) is 29.2 Å². The number of hydrogen-bond acceptors (Lipinski definition) is 3.